The Morgan fingerprint density at radius 3 is 2.00 bits per heavy atom. The van der Waals surface area contributed by atoms with Crippen LogP contribution in [0.3, 0.4) is 0 Å². The maximum Gasteiger partial charge on any atom is 0.0587 e. The molecule has 0 unspecified atom stereocenters. The van der Waals surface area contributed by atoms with Crippen LogP contribution >= 0.6 is 0 Å². The highest BCUT2D eigenvalue weighted by molar-refractivity contribution is 4.82. The van der Waals surface area contributed by atoms with E-state index in [4.69, 9.17) is 0 Å². The third-order valence-corrected chi connectivity index (χ3v) is 4.17. The molecule has 2 nitrogen and oxygen atoms in total. The number of aliphatic hydroxyl groups is 1. The Morgan fingerprint density at radius 2 is 1.62 bits per heavy atom. The summed E-state index contributed by atoms with van der Waals surface area (Å²) in [4.78, 5) is 0. The molecule has 1 saturated carbocycles. The van der Waals surface area contributed by atoms with Gasteiger partial charge in [-0.3, -0.25) is 0 Å². The first-order valence-electron chi connectivity index (χ1n) is 6.91. The molecule has 1 aliphatic rings. The highest BCUT2D eigenvalue weighted by Crippen LogP contribution is 2.30. The summed E-state index contributed by atoms with van der Waals surface area (Å²) >= 11 is 0. The minimum atomic E-state index is 0.266. The molecule has 0 bridgehead atoms. The summed E-state index contributed by atoms with van der Waals surface area (Å²) in [5, 5.41) is 12.9. The predicted molar refractivity (Wildman–Crippen MR) is 69.4 cm³/mol. The van der Waals surface area contributed by atoms with E-state index in [1.807, 2.05) is 0 Å². The van der Waals surface area contributed by atoms with Crippen molar-refractivity contribution in [1.29, 1.82) is 0 Å². The molecule has 16 heavy (non-hydrogen) atoms. The lowest BCUT2D eigenvalue weighted by Crippen LogP contribution is -2.45. The van der Waals surface area contributed by atoms with Gasteiger partial charge in [0.25, 0.3) is 0 Å². The monoisotopic (exact) mass is 227 g/mol. The Kier molecular flexibility index (Phi) is 5.77. The molecule has 0 radical (unpaired) electrons. The maximum atomic E-state index is 9.30. The van der Waals surface area contributed by atoms with Crippen molar-refractivity contribution >= 4 is 0 Å². The van der Waals surface area contributed by atoms with Crippen molar-refractivity contribution in [2.75, 3.05) is 6.61 Å². The number of hydrogen-bond acceptors (Lipinski definition) is 2. The molecule has 0 heterocycles. The van der Waals surface area contributed by atoms with Crippen molar-refractivity contribution in [3.05, 3.63) is 0 Å². The van der Waals surface area contributed by atoms with Crippen LogP contribution in [0.25, 0.3) is 0 Å². The van der Waals surface area contributed by atoms with Gasteiger partial charge in [0.05, 0.1) is 6.61 Å². The fourth-order valence-corrected chi connectivity index (χ4v) is 2.71. The minimum Gasteiger partial charge on any atom is -0.395 e. The van der Waals surface area contributed by atoms with E-state index < -0.39 is 0 Å². The fraction of sp³-hybridized carbons (Fsp3) is 1.00. The SMILES string of the molecule is CC(C)C1CCC(N[C@H](CO)C(C)C)CC1. The second-order valence-corrected chi connectivity index (χ2v) is 6.06. The molecule has 1 atom stereocenters. The Bertz CT molecular complexity index is 183. The lowest BCUT2D eigenvalue weighted by Gasteiger charge is -2.34. The quantitative estimate of drug-likeness (QED) is 0.757. The van der Waals surface area contributed by atoms with Gasteiger partial charge in [-0.1, -0.05) is 27.7 Å². The zero-order chi connectivity index (χ0) is 12.1. The molecular weight excluding hydrogens is 198 g/mol. The van der Waals surface area contributed by atoms with Crippen molar-refractivity contribution in [1.82, 2.24) is 5.32 Å². The van der Waals surface area contributed by atoms with E-state index in [-0.39, 0.29) is 12.6 Å². The molecule has 0 aromatic rings. The van der Waals surface area contributed by atoms with Gasteiger partial charge in [0, 0.05) is 12.1 Å². The lowest BCUT2D eigenvalue weighted by molar-refractivity contribution is 0.170. The minimum absolute atomic E-state index is 0.266. The van der Waals surface area contributed by atoms with Gasteiger partial charge in [0.1, 0.15) is 0 Å². The van der Waals surface area contributed by atoms with Gasteiger partial charge < -0.3 is 10.4 Å². The third-order valence-electron chi connectivity index (χ3n) is 4.17. The average Bonchev–Trinajstić information content (AvgIpc) is 2.26. The lowest BCUT2D eigenvalue weighted by atomic mass is 9.79. The molecule has 96 valence electrons. The second-order valence-electron chi connectivity index (χ2n) is 6.06. The van der Waals surface area contributed by atoms with Gasteiger partial charge in [0.15, 0.2) is 0 Å². The maximum absolute atomic E-state index is 9.30. The Morgan fingerprint density at radius 1 is 1.06 bits per heavy atom. The molecule has 2 N–H and O–H groups in total. The van der Waals surface area contributed by atoms with Gasteiger partial charge >= 0.3 is 0 Å². The fourth-order valence-electron chi connectivity index (χ4n) is 2.71. The highest BCUT2D eigenvalue weighted by Gasteiger charge is 2.25. The Hall–Kier alpha value is -0.0800. The predicted octanol–water partition coefficient (Wildman–Crippen LogP) is 2.81. The second kappa shape index (κ2) is 6.61. The first-order chi connectivity index (χ1) is 7.54. The van der Waals surface area contributed by atoms with E-state index in [2.05, 4.69) is 33.0 Å². The van der Waals surface area contributed by atoms with E-state index in [0.29, 0.717) is 12.0 Å². The highest BCUT2D eigenvalue weighted by atomic mass is 16.3. The summed E-state index contributed by atoms with van der Waals surface area (Å²) in [7, 11) is 0. The Balaban J connectivity index is 2.31. The van der Waals surface area contributed by atoms with Crippen molar-refractivity contribution in [2.45, 2.75) is 65.5 Å². The van der Waals surface area contributed by atoms with Crippen molar-refractivity contribution in [3.63, 3.8) is 0 Å². The van der Waals surface area contributed by atoms with Gasteiger partial charge in [-0.2, -0.15) is 0 Å². The number of rotatable bonds is 5. The molecule has 2 heteroatoms. The van der Waals surface area contributed by atoms with E-state index in [0.717, 1.165) is 11.8 Å². The molecular formula is C14H29NO. The van der Waals surface area contributed by atoms with E-state index >= 15 is 0 Å². The molecule has 0 amide bonds. The van der Waals surface area contributed by atoms with Crippen LogP contribution in [0.4, 0.5) is 0 Å². The zero-order valence-electron chi connectivity index (χ0n) is 11.4. The first-order valence-corrected chi connectivity index (χ1v) is 6.91. The molecule has 0 aromatic carbocycles. The van der Waals surface area contributed by atoms with Crippen molar-refractivity contribution in [3.8, 4) is 0 Å². The molecule has 1 aliphatic carbocycles. The standard InChI is InChI=1S/C14H29NO/c1-10(2)12-5-7-13(8-6-12)15-14(9-16)11(3)4/h10-16H,5-9H2,1-4H3/t12?,13?,14-/m1/s1. The van der Waals surface area contributed by atoms with Crippen LogP contribution in [0, 0.1) is 17.8 Å². The van der Waals surface area contributed by atoms with E-state index in [1.165, 1.54) is 25.7 Å². The van der Waals surface area contributed by atoms with Gasteiger partial charge in [-0.25, -0.2) is 0 Å². The summed E-state index contributed by atoms with van der Waals surface area (Å²) in [6, 6.07) is 0.912. The summed E-state index contributed by atoms with van der Waals surface area (Å²) < 4.78 is 0. The first kappa shape index (κ1) is 14.0. The molecule has 1 fully saturated rings. The van der Waals surface area contributed by atoms with E-state index in [9.17, 15) is 5.11 Å². The third kappa shape index (κ3) is 4.06. The number of hydrogen-bond donors (Lipinski definition) is 2. The van der Waals surface area contributed by atoms with Crippen molar-refractivity contribution in [2.24, 2.45) is 17.8 Å². The van der Waals surface area contributed by atoms with Crippen LogP contribution < -0.4 is 5.32 Å². The van der Waals surface area contributed by atoms with Gasteiger partial charge in [-0.05, 0) is 43.4 Å². The smallest absolute Gasteiger partial charge is 0.0587 e. The molecule has 0 saturated heterocycles. The van der Waals surface area contributed by atoms with Crippen LogP contribution in [0.1, 0.15) is 53.4 Å². The molecule has 1 rings (SSSR count). The molecule has 0 aromatic heterocycles. The van der Waals surface area contributed by atoms with Gasteiger partial charge in [0.2, 0.25) is 0 Å². The van der Waals surface area contributed by atoms with Crippen LogP contribution in [-0.4, -0.2) is 23.8 Å². The molecule has 0 spiro atoms. The summed E-state index contributed by atoms with van der Waals surface area (Å²) in [6.07, 6.45) is 5.27. The van der Waals surface area contributed by atoms with E-state index in [1.54, 1.807) is 0 Å². The van der Waals surface area contributed by atoms with Gasteiger partial charge in [-0.15, -0.1) is 0 Å². The zero-order valence-corrected chi connectivity index (χ0v) is 11.4. The van der Waals surface area contributed by atoms with Crippen molar-refractivity contribution < 1.29 is 5.11 Å². The summed E-state index contributed by atoms with van der Waals surface area (Å²) in [5.41, 5.74) is 0. The largest absolute Gasteiger partial charge is 0.395 e. The summed E-state index contributed by atoms with van der Waals surface area (Å²) in [5.74, 6) is 2.28. The van der Waals surface area contributed by atoms with Crippen LogP contribution in [0.5, 0.6) is 0 Å². The number of nitrogens with one attached hydrogen (secondary N) is 1. The molecule has 0 aliphatic heterocycles. The van der Waals surface area contributed by atoms with Crippen LogP contribution in [0.15, 0.2) is 0 Å². The van der Waals surface area contributed by atoms with Crippen LogP contribution in [-0.2, 0) is 0 Å². The average molecular weight is 227 g/mol. The summed E-state index contributed by atoms with van der Waals surface area (Å²) in [6.45, 7) is 9.29. The topological polar surface area (TPSA) is 32.3 Å². The Labute approximate surface area is 101 Å². The van der Waals surface area contributed by atoms with Crippen LogP contribution in [0.2, 0.25) is 0 Å². The number of aliphatic hydroxyl groups excluding tert-OH is 1. The normalized spacial score (nSPS) is 28.7.